The maximum Gasteiger partial charge on any atom is 0.223 e. The molecule has 1 fully saturated rings. The number of carbonyl (C=O) groups excluding carboxylic acids is 1. The Hall–Kier alpha value is -2.18. The molecule has 5 nitrogen and oxygen atoms in total. The molecule has 0 saturated carbocycles. The second-order valence-corrected chi connectivity index (χ2v) is 8.14. The molecule has 2 N–H and O–H groups in total. The number of pyridine rings is 1. The lowest BCUT2D eigenvalue weighted by Gasteiger charge is -2.12. The van der Waals surface area contributed by atoms with E-state index in [1.165, 1.54) is 10.3 Å². The Morgan fingerprint density at radius 3 is 3.11 bits per heavy atom. The molecule has 0 radical (unpaired) electrons. The number of benzene rings is 1. The van der Waals surface area contributed by atoms with Crippen LogP contribution in [0.15, 0.2) is 42.0 Å². The summed E-state index contributed by atoms with van der Waals surface area (Å²) in [6, 6.07) is 10.1. The minimum absolute atomic E-state index is 0.0958. The number of aromatic nitrogens is 2. The highest BCUT2D eigenvalue weighted by molar-refractivity contribution is 7.16. The molecule has 2 aromatic heterocycles. The van der Waals surface area contributed by atoms with Crippen molar-refractivity contribution >= 4 is 44.7 Å². The van der Waals surface area contributed by atoms with Crippen molar-refractivity contribution in [2.24, 2.45) is 5.92 Å². The van der Waals surface area contributed by atoms with Gasteiger partial charge in [-0.05, 0) is 49.4 Å². The Morgan fingerprint density at radius 2 is 2.22 bits per heavy atom. The van der Waals surface area contributed by atoms with Crippen LogP contribution >= 0.6 is 22.9 Å². The Bertz CT molecular complexity index is 944. The van der Waals surface area contributed by atoms with E-state index in [2.05, 4.69) is 32.7 Å². The number of anilines is 1. The highest BCUT2D eigenvalue weighted by Crippen LogP contribution is 2.26. The Kier molecular flexibility index (Phi) is 5.55. The van der Waals surface area contributed by atoms with Crippen molar-refractivity contribution < 1.29 is 4.79 Å². The first kappa shape index (κ1) is 18.2. The first-order valence-electron chi connectivity index (χ1n) is 9.16. The van der Waals surface area contributed by atoms with Crippen LogP contribution in [-0.2, 0) is 11.2 Å². The van der Waals surface area contributed by atoms with E-state index in [0.717, 1.165) is 36.9 Å². The third-order valence-corrected chi connectivity index (χ3v) is 6.13. The number of nitrogens with one attached hydrogen (secondary N) is 2. The molecule has 1 aromatic carbocycles. The Balaban J connectivity index is 1.26. The van der Waals surface area contributed by atoms with Gasteiger partial charge in [0.2, 0.25) is 5.91 Å². The average molecular weight is 401 g/mol. The van der Waals surface area contributed by atoms with Gasteiger partial charge in [-0.25, -0.2) is 9.97 Å². The van der Waals surface area contributed by atoms with Crippen LogP contribution in [0.1, 0.15) is 24.8 Å². The van der Waals surface area contributed by atoms with Gasteiger partial charge in [0.25, 0.3) is 0 Å². The van der Waals surface area contributed by atoms with Gasteiger partial charge in [-0.2, -0.15) is 0 Å². The van der Waals surface area contributed by atoms with Gasteiger partial charge in [0.05, 0.1) is 15.7 Å². The van der Waals surface area contributed by atoms with Crippen molar-refractivity contribution in [2.45, 2.75) is 31.7 Å². The van der Waals surface area contributed by atoms with Crippen molar-refractivity contribution in [1.29, 1.82) is 0 Å². The summed E-state index contributed by atoms with van der Waals surface area (Å²) < 4.78 is 1.27. The normalized spacial score (nSPS) is 19.4. The number of hydrogen-bond donors (Lipinski definition) is 2. The van der Waals surface area contributed by atoms with Crippen LogP contribution in [0.3, 0.4) is 0 Å². The third-order valence-electron chi connectivity index (χ3n) is 5.00. The van der Waals surface area contributed by atoms with E-state index in [1.807, 2.05) is 17.6 Å². The summed E-state index contributed by atoms with van der Waals surface area (Å²) in [5.74, 6) is 0.268. The van der Waals surface area contributed by atoms with Crippen LogP contribution < -0.4 is 10.6 Å². The van der Waals surface area contributed by atoms with Gasteiger partial charge in [0, 0.05) is 30.4 Å². The fourth-order valence-electron chi connectivity index (χ4n) is 3.65. The molecule has 2 atom stereocenters. The summed E-state index contributed by atoms with van der Waals surface area (Å²) in [6.07, 6.45) is 5.45. The number of aryl methyl sites for hydroxylation is 1. The molecule has 0 spiro atoms. The molecule has 4 rings (SSSR count). The Morgan fingerprint density at radius 1 is 1.30 bits per heavy atom. The molecule has 27 heavy (non-hydrogen) atoms. The maximum absolute atomic E-state index is 12.3. The van der Waals surface area contributed by atoms with Crippen LogP contribution in [0, 0.1) is 5.92 Å². The van der Waals surface area contributed by atoms with E-state index >= 15 is 0 Å². The van der Waals surface area contributed by atoms with Gasteiger partial charge >= 0.3 is 0 Å². The number of carbonyl (C=O) groups is 1. The number of hydrogen-bond acceptors (Lipinski definition) is 5. The third kappa shape index (κ3) is 4.39. The molecule has 1 saturated heterocycles. The summed E-state index contributed by atoms with van der Waals surface area (Å²) >= 11 is 7.59. The van der Waals surface area contributed by atoms with E-state index in [-0.39, 0.29) is 17.9 Å². The number of halogens is 1. The van der Waals surface area contributed by atoms with E-state index < -0.39 is 0 Å². The number of fused-ring (bicyclic) bond motifs is 1. The van der Waals surface area contributed by atoms with Gasteiger partial charge in [0.15, 0.2) is 0 Å². The topological polar surface area (TPSA) is 66.9 Å². The largest absolute Gasteiger partial charge is 0.383 e. The lowest BCUT2D eigenvalue weighted by atomic mass is 9.96. The predicted molar refractivity (Wildman–Crippen MR) is 110 cm³/mol. The number of amides is 1. The van der Waals surface area contributed by atoms with Crippen LogP contribution in [0.5, 0.6) is 0 Å². The van der Waals surface area contributed by atoms with Gasteiger partial charge < -0.3 is 10.6 Å². The SMILES string of the molecule is O=C1N[C@H](CNc2ccnc(Cl)c2)C[C@@H]1CCCc1cccc2ncsc12. The lowest BCUT2D eigenvalue weighted by molar-refractivity contribution is -0.122. The quantitative estimate of drug-likeness (QED) is 0.581. The molecule has 0 unspecified atom stereocenters. The van der Waals surface area contributed by atoms with Crippen molar-refractivity contribution in [3.05, 3.63) is 52.8 Å². The van der Waals surface area contributed by atoms with Gasteiger partial charge in [-0.3, -0.25) is 4.79 Å². The minimum Gasteiger partial charge on any atom is -0.383 e. The highest BCUT2D eigenvalue weighted by Gasteiger charge is 2.31. The highest BCUT2D eigenvalue weighted by atomic mass is 35.5. The number of rotatable bonds is 7. The molecule has 1 amide bonds. The molecule has 140 valence electrons. The van der Waals surface area contributed by atoms with Crippen molar-refractivity contribution in [2.75, 3.05) is 11.9 Å². The van der Waals surface area contributed by atoms with Crippen molar-refractivity contribution in [3.8, 4) is 0 Å². The van der Waals surface area contributed by atoms with Crippen LogP contribution in [0.25, 0.3) is 10.2 Å². The van der Waals surface area contributed by atoms with Gasteiger partial charge in [-0.15, -0.1) is 11.3 Å². The molecule has 0 bridgehead atoms. The molecular weight excluding hydrogens is 380 g/mol. The second-order valence-electron chi connectivity index (χ2n) is 6.90. The van der Waals surface area contributed by atoms with Crippen LogP contribution in [-0.4, -0.2) is 28.5 Å². The van der Waals surface area contributed by atoms with E-state index in [1.54, 1.807) is 23.6 Å². The predicted octanol–water partition coefficient (Wildman–Crippen LogP) is 4.28. The molecule has 3 aromatic rings. The fourth-order valence-corrected chi connectivity index (χ4v) is 4.65. The first-order chi connectivity index (χ1) is 13.2. The minimum atomic E-state index is 0.0958. The van der Waals surface area contributed by atoms with Crippen molar-refractivity contribution in [3.63, 3.8) is 0 Å². The Labute approximate surface area is 167 Å². The van der Waals surface area contributed by atoms with Gasteiger partial charge in [0.1, 0.15) is 5.15 Å². The maximum atomic E-state index is 12.3. The zero-order chi connectivity index (χ0) is 18.6. The summed E-state index contributed by atoms with van der Waals surface area (Å²) in [5, 5.41) is 6.89. The zero-order valence-electron chi connectivity index (χ0n) is 14.8. The van der Waals surface area contributed by atoms with Gasteiger partial charge in [-0.1, -0.05) is 23.7 Å². The fraction of sp³-hybridized carbons (Fsp3) is 0.350. The summed E-state index contributed by atoms with van der Waals surface area (Å²) in [6.45, 7) is 0.697. The molecule has 3 heterocycles. The standard InChI is InChI=1S/C20H21ClN4OS/c21-18-10-15(7-8-22-18)23-11-16-9-14(20(26)25-16)5-1-3-13-4-2-6-17-19(13)27-12-24-17/h2,4,6-8,10,12,14,16H,1,3,5,9,11H2,(H,22,23)(H,25,26)/t14-,16-/m0/s1. The lowest BCUT2D eigenvalue weighted by Crippen LogP contribution is -2.32. The first-order valence-corrected chi connectivity index (χ1v) is 10.4. The number of nitrogens with zero attached hydrogens (tertiary/aromatic N) is 2. The molecule has 7 heteroatoms. The summed E-state index contributed by atoms with van der Waals surface area (Å²) in [4.78, 5) is 20.6. The smallest absolute Gasteiger partial charge is 0.223 e. The number of thiazole rings is 1. The monoisotopic (exact) mass is 400 g/mol. The molecule has 0 aliphatic carbocycles. The molecule has 1 aliphatic heterocycles. The summed E-state index contributed by atoms with van der Waals surface area (Å²) in [5.41, 5.74) is 5.22. The van der Waals surface area contributed by atoms with Crippen LogP contribution in [0.2, 0.25) is 5.15 Å². The van der Waals surface area contributed by atoms with E-state index in [0.29, 0.717) is 11.7 Å². The van der Waals surface area contributed by atoms with Crippen LogP contribution in [0.4, 0.5) is 5.69 Å². The van der Waals surface area contributed by atoms with Crippen molar-refractivity contribution in [1.82, 2.24) is 15.3 Å². The zero-order valence-corrected chi connectivity index (χ0v) is 16.4. The molecular formula is C20H21ClN4OS. The average Bonchev–Trinajstić information content (AvgIpc) is 3.27. The van der Waals surface area contributed by atoms with E-state index in [9.17, 15) is 4.79 Å². The summed E-state index contributed by atoms with van der Waals surface area (Å²) in [7, 11) is 0. The second kappa shape index (κ2) is 8.23. The molecule has 1 aliphatic rings. The van der Waals surface area contributed by atoms with E-state index in [4.69, 9.17) is 11.6 Å².